The average molecular weight is 348 g/mol. The third-order valence-electron chi connectivity index (χ3n) is 3.25. The fraction of sp³-hybridized carbons (Fsp3) is 0.0714. The molecule has 2 aromatic rings. The van der Waals surface area contributed by atoms with Crippen molar-refractivity contribution in [3.8, 4) is 0 Å². The number of carbonyl (C=O) groups excluding carboxylic acids is 1. The summed E-state index contributed by atoms with van der Waals surface area (Å²) < 4.78 is 0.840. The first kappa shape index (κ1) is 13.6. The van der Waals surface area contributed by atoms with Gasteiger partial charge in [-0.25, -0.2) is 0 Å². The van der Waals surface area contributed by atoms with Gasteiger partial charge in [-0.3, -0.25) is 14.9 Å². The number of hydrogen-bond donors (Lipinski definition) is 2. The number of fused-ring (bicyclic) bond motifs is 1. The van der Waals surface area contributed by atoms with Crippen LogP contribution in [-0.2, 0) is 4.79 Å². The van der Waals surface area contributed by atoms with E-state index in [2.05, 4.69) is 26.6 Å². The number of nitro benzene ring substituents is 1. The SMILES string of the molecule is O=C1Nc2ccc(Br)cc2C1Nc1ccccc1[N+](=O)[O-]. The molecule has 0 aromatic heterocycles. The number of nitro groups is 1. The first-order chi connectivity index (χ1) is 10.1. The van der Waals surface area contributed by atoms with Crippen LogP contribution in [0.2, 0.25) is 0 Å². The molecule has 7 heteroatoms. The standard InChI is InChI=1S/C14H10BrN3O3/c15-8-5-6-10-9(7-8)13(14(19)17-10)16-11-3-1-2-4-12(11)18(20)21/h1-7,13,16H,(H,17,19). The number of benzene rings is 2. The zero-order chi connectivity index (χ0) is 15.0. The van der Waals surface area contributed by atoms with E-state index in [0.29, 0.717) is 11.4 Å². The number of halogens is 1. The Morgan fingerprint density at radius 1 is 1.24 bits per heavy atom. The molecule has 1 aliphatic rings. The molecule has 1 unspecified atom stereocenters. The Labute approximate surface area is 128 Å². The van der Waals surface area contributed by atoms with E-state index >= 15 is 0 Å². The van der Waals surface area contributed by atoms with E-state index in [0.717, 1.165) is 10.0 Å². The van der Waals surface area contributed by atoms with Gasteiger partial charge in [0.05, 0.1) is 4.92 Å². The number of anilines is 2. The van der Waals surface area contributed by atoms with Gasteiger partial charge in [0, 0.05) is 21.8 Å². The lowest BCUT2D eigenvalue weighted by Gasteiger charge is -2.13. The van der Waals surface area contributed by atoms with Crippen LogP contribution in [0.1, 0.15) is 11.6 Å². The Hall–Kier alpha value is -2.41. The van der Waals surface area contributed by atoms with Crippen molar-refractivity contribution < 1.29 is 9.72 Å². The molecule has 0 aliphatic carbocycles. The lowest BCUT2D eigenvalue weighted by molar-refractivity contribution is -0.384. The van der Waals surface area contributed by atoms with Crippen LogP contribution in [0, 0.1) is 10.1 Å². The molecule has 106 valence electrons. The van der Waals surface area contributed by atoms with Crippen molar-refractivity contribution in [2.45, 2.75) is 6.04 Å². The fourth-order valence-corrected chi connectivity index (χ4v) is 2.66. The minimum Gasteiger partial charge on any atom is -0.364 e. The molecule has 1 aliphatic heterocycles. The molecule has 0 saturated carbocycles. The van der Waals surface area contributed by atoms with Crippen LogP contribution >= 0.6 is 15.9 Å². The molecule has 0 radical (unpaired) electrons. The van der Waals surface area contributed by atoms with Gasteiger partial charge >= 0.3 is 0 Å². The van der Waals surface area contributed by atoms with E-state index < -0.39 is 11.0 Å². The van der Waals surface area contributed by atoms with Gasteiger partial charge < -0.3 is 10.6 Å². The monoisotopic (exact) mass is 347 g/mol. The maximum absolute atomic E-state index is 12.1. The van der Waals surface area contributed by atoms with Gasteiger partial charge in [-0.1, -0.05) is 28.1 Å². The second kappa shape index (κ2) is 5.17. The van der Waals surface area contributed by atoms with Crippen LogP contribution in [0.3, 0.4) is 0 Å². The average Bonchev–Trinajstić information content (AvgIpc) is 2.75. The second-order valence-corrected chi connectivity index (χ2v) is 5.49. The molecular formula is C14H10BrN3O3. The van der Waals surface area contributed by atoms with E-state index in [1.165, 1.54) is 6.07 Å². The summed E-state index contributed by atoms with van der Waals surface area (Å²) in [6.45, 7) is 0. The Bertz CT molecular complexity index is 748. The maximum Gasteiger partial charge on any atom is 0.292 e. The van der Waals surface area contributed by atoms with Crippen LogP contribution in [0.5, 0.6) is 0 Å². The summed E-state index contributed by atoms with van der Waals surface area (Å²) >= 11 is 3.36. The lowest BCUT2D eigenvalue weighted by atomic mass is 10.1. The minimum absolute atomic E-state index is 0.0613. The Morgan fingerprint density at radius 2 is 2.00 bits per heavy atom. The number of amides is 1. The molecule has 2 aromatic carbocycles. The van der Waals surface area contributed by atoms with Crippen LogP contribution < -0.4 is 10.6 Å². The molecule has 0 fully saturated rings. The molecule has 3 rings (SSSR count). The summed E-state index contributed by atoms with van der Waals surface area (Å²) in [6.07, 6.45) is 0. The van der Waals surface area contributed by atoms with Gasteiger partial charge in [0.15, 0.2) is 0 Å². The Kier molecular flexibility index (Phi) is 3.34. The largest absolute Gasteiger partial charge is 0.364 e. The summed E-state index contributed by atoms with van der Waals surface area (Å²) in [4.78, 5) is 22.6. The van der Waals surface area contributed by atoms with E-state index in [1.807, 2.05) is 12.1 Å². The van der Waals surface area contributed by atoms with Gasteiger partial charge in [0.25, 0.3) is 11.6 Å². The molecule has 0 saturated heterocycles. The van der Waals surface area contributed by atoms with Crippen LogP contribution in [0.4, 0.5) is 17.1 Å². The summed E-state index contributed by atoms with van der Waals surface area (Å²) in [6, 6.07) is 11.0. The van der Waals surface area contributed by atoms with Crippen LogP contribution in [-0.4, -0.2) is 10.8 Å². The number of rotatable bonds is 3. The van der Waals surface area contributed by atoms with Gasteiger partial charge in [-0.05, 0) is 24.3 Å². The van der Waals surface area contributed by atoms with Crippen molar-refractivity contribution in [1.29, 1.82) is 0 Å². The van der Waals surface area contributed by atoms with Gasteiger partial charge in [-0.2, -0.15) is 0 Å². The number of para-hydroxylation sites is 2. The van der Waals surface area contributed by atoms with Gasteiger partial charge in [-0.15, -0.1) is 0 Å². The van der Waals surface area contributed by atoms with E-state index in [4.69, 9.17) is 0 Å². The number of hydrogen-bond acceptors (Lipinski definition) is 4. The zero-order valence-corrected chi connectivity index (χ0v) is 12.3. The third-order valence-corrected chi connectivity index (χ3v) is 3.74. The van der Waals surface area contributed by atoms with Crippen molar-refractivity contribution in [3.63, 3.8) is 0 Å². The second-order valence-electron chi connectivity index (χ2n) is 4.57. The van der Waals surface area contributed by atoms with Crippen LogP contribution in [0.15, 0.2) is 46.9 Å². The number of nitrogens with zero attached hydrogens (tertiary/aromatic N) is 1. The minimum atomic E-state index is -0.654. The van der Waals surface area contributed by atoms with Crippen molar-refractivity contribution in [3.05, 3.63) is 62.6 Å². The number of nitrogens with one attached hydrogen (secondary N) is 2. The number of carbonyl (C=O) groups is 1. The van der Waals surface area contributed by atoms with Gasteiger partial charge in [0.1, 0.15) is 11.7 Å². The molecule has 21 heavy (non-hydrogen) atoms. The summed E-state index contributed by atoms with van der Waals surface area (Å²) in [5, 5.41) is 16.7. The predicted molar refractivity (Wildman–Crippen MR) is 82.2 cm³/mol. The van der Waals surface area contributed by atoms with Gasteiger partial charge in [0.2, 0.25) is 0 Å². The first-order valence-corrected chi connectivity index (χ1v) is 6.96. The molecule has 0 spiro atoms. The summed E-state index contributed by atoms with van der Waals surface area (Å²) in [5.41, 5.74) is 1.72. The molecule has 0 bridgehead atoms. The highest BCUT2D eigenvalue weighted by Gasteiger charge is 2.32. The highest BCUT2D eigenvalue weighted by molar-refractivity contribution is 9.10. The molecule has 1 atom stereocenters. The maximum atomic E-state index is 12.1. The molecule has 6 nitrogen and oxygen atoms in total. The first-order valence-electron chi connectivity index (χ1n) is 6.16. The van der Waals surface area contributed by atoms with Crippen LogP contribution in [0.25, 0.3) is 0 Å². The fourth-order valence-electron chi connectivity index (χ4n) is 2.29. The summed E-state index contributed by atoms with van der Waals surface area (Å²) in [7, 11) is 0. The molecular weight excluding hydrogens is 338 g/mol. The zero-order valence-electron chi connectivity index (χ0n) is 10.7. The Morgan fingerprint density at radius 3 is 2.76 bits per heavy atom. The summed E-state index contributed by atoms with van der Waals surface area (Å²) in [5.74, 6) is -0.235. The quantitative estimate of drug-likeness (QED) is 0.657. The highest BCUT2D eigenvalue weighted by atomic mass is 79.9. The van der Waals surface area contributed by atoms with Crippen molar-refractivity contribution >= 4 is 38.9 Å². The van der Waals surface area contributed by atoms with Crippen molar-refractivity contribution in [1.82, 2.24) is 0 Å². The van der Waals surface area contributed by atoms with E-state index in [-0.39, 0.29) is 11.6 Å². The molecule has 2 N–H and O–H groups in total. The lowest BCUT2D eigenvalue weighted by Crippen LogP contribution is -2.20. The smallest absolute Gasteiger partial charge is 0.292 e. The topological polar surface area (TPSA) is 84.3 Å². The Balaban J connectivity index is 1.98. The predicted octanol–water partition coefficient (Wildman–Crippen LogP) is 3.46. The molecule has 1 heterocycles. The normalized spacial score (nSPS) is 16.2. The molecule has 1 amide bonds. The van der Waals surface area contributed by atoms with Crippen molar-refractivity contribution in [2.75, 3.05) is 10.6 Å². The van der Waals surface area contributed by atoms with E-state index in [1.54, 1.807) is 24.3 Å². The van der Waals surface area contributed by atoms with Crippen molar-refractivity contribution in [2.24, 2.45) is 0 Å². The highest BCUT2D eigenvalue weighted by Crippen LogP contribution is 2.36. The third kappa shape index (κ3) is 2.47. The van der Waals surface area contributed by atoms with E-state index in [9.17, 15) is 14.9 Å².